The Balaban J connectivity index is 2.21. The number of carbonyl (C=O) groups is 2. The minimum Gasteiger partial charge on any atom is -0.318 e. The van der Waals surface area contributed by atoms with Gasteiger partial charge in [0.1, 0.15) is 0 Å². The molecule has 0 atom stereocenters. The first kappa shape index (κ1) is 8.61. The first-order valence-electron chi connectivity index (χ1n) is 4.98. The quantitative estimate of drug-likeness (QED) is 0.601. The zero-order valence-electron chi connectivity index (χ0n) is 8.09. The summed E-state index contributed by atoms with van der Waals surface area (Å²) in [5.74, 6) is -0.928. The highest BCUT2D eigenvalue weighted by Crippen LogP contribution is 2.31. The zero-order valence-corrected chi connectivity index (χ0v) is 8.09. The molecule has 1 aromatic rings. The summed E-state index contributed by atoms with van der Waals surface area (Å²) in [6, 6.07) is 3.70. The monoisotopic (exact) mass is 202 g/mol. The van der Waals surface area contributed by atoms with Crippen LogP contribution in [0.25, 0.3) is 0 Å². The van der Waals surface area contributed by atoms with Crippen LogP contribution < -0.4 is 10.6 Å². The summed E-state index contributed by atoms with van der Waals surface area (Å²) in [5, 5.41) is 5.88. The van der Waals surface area contributed by atoms with Crippen molar-refractivity contribution in [2.24, 2.45) is 0 Å². The van der Waals surface area contributed by atoms with E-state index >= 15 is 0 Å². The molecule has 2 aliphatic heterocycles. The molecule has 0 unspecified atom stereocenters. The number of carbonyl (C=O) groups excluding carboxylic acids is 2. The van der Waals surface area contributed by atoms with E-state index in [1.807, 2.05) is 6.07 Å². The summed E-state index contributed by atoms with van der Waals surface area (Å²) in [5.41, 5.74) is 3.53. The third-order valence-corrected chi connectivity index (χ3v) is 2.97. The van der Waals surface area contributed by atoms with E-state index in [4.69, 9.17) is 0 Å². The Labute approximate surface area is 86.7 Å². The van der Waals surface area contributed by atoms with E-state index in [1.165, 1.54) is 5.56 Å². The van der Waals surface area contributed by atoms with Crippen molar-refractivity contribution in [3.8, 4) is 0 Å². The molecule has 2 aliphatic rings. The van der Waals surface area contributed by atoms with E-state index in [1.54, 1.807) is 6.07 Å². The summed E-state index contributed by atoms with van der Waals surface area (Å²) in [6.45, 7) is 1.68. The highest BCUT2D eigenvalue weighted by molar-refractivity contribution is 6.51. The molecule has 2 heterocycles. The second-order valence-corrected chi connectivity index (χ2v) is 3.84. The summed E-state index contributed by atoms with van der Waals surface area (Å²) < 4.78 is 0. The van der Waals surface area contributed by atoms with Crippen molar-refractivity contribution >= 4 is 17.4 Å². The molecule has 4 nitrogen and oxygen atoms in total. The molecule has 0 saturated heterocycles. The molecule has 1 aromatic carbocycles. The number of ketones is 1. The maximum atomic E-state index is 11.4. The Bertz CT molecular complexity index is 480. The van der Waals surface area contributed by atoms with Gasteiger partial charge in [-0.3, -0.25) is 9.59 Å². The van der Waals surface area contributed by atoms with Crippen LogP contribution >= 0.6 is 0 Å². The number of rotatable bonds is 0. The molecule has 1 amide bonds. The Morgan fingerprint density at radius 1 is 1.20 bits per heavy atom. The van der Waals surface area contributed by atoms with Crippen molar-refractivity contribution in [2.45, 2.75) is 13.0 Å². The average Bonchev–Trinajstić information content (AvgIpc) is 2.56. The fraction of sp³-hybridized carbons (Fsp3) is 0.273. The highest BCUT2D eigenvalue weighted by atomic mass is 16.2. The number of Topliss-reactive ketones (excluding diaryl/α,β-unsaturated/α-hetero) is 1. The van der Waals surface area contributed by atoms with Gasteiger partial charge in [-0.15, -0.1) is 0 Å². The lowest BCUT2D eigenvalue weighted by Crippen LogP contribution is -2.24. The number of amides is 1. The summed E-state index contributed by atoms with van der Waals surface area (Å²) in [4.78, 5) is 22.7. The zero-order chi connectivity index (χ0) is 10.4. The molecule has 3 rings (SSSR count). The Morgan fingerprint density at radius 2 is 2.07 bits per heavy atom. The van der Waals surface area contributed by atoms with Crippen molar-refractivity contribution < 1.29 is 9.59 Å². The molecule has 0 fully saturated rings. The Morgan fingerprint density at radius 3 is 2.93 bits per heavy atom. The molecule has 15 heavy (non-hydrogen) atoms. The molecule has 4 heteroatoms. The van der Waals surface area contributed by atoms with E-state index in [0.717, 1.165) is 30.8 Å². The van der Waals surface area contributed by atoms with Crippen molar-refractivity contribution in [3.63, 3.8) is 0 Å². The second-order valence-electron chi connectivity index (χ2n) is 3.84. The minimum atomic E-state index is -0.510. The van der Waals surface area contributed by atoms with Gasteiger partial charge in [-0.25, -0.2) is 0 Å². The number of fused-ring (bicyclic) bond motifs is 3. The van der Waals surface area contributed by atoms with Crippen LogP contribution in [0.3, 0.4) is 0 Å². The summed E-state index contributed by atoms with van der Waals surface area (Å²) in [6.07, 6.45) is 0.951. The second kappa shape index (κ2) is 2.90. The smallest absolute Gasteiger partial charge is 0.296 e. The van der Waals surface area contributed by atoms with E-state index in [0.29, 0.717) is 5.56 Å². The van der Waals surface area contributed by atoms with Crippen LogP contribution in [0, 0.1) is 0 Å². The van der Waals surface area contributed by atoms with Gasteiger partial charge in [0.15, 0.2) is 0 Å². The number of nitrogens with one attached hydrogen (secondary N) is 2. The van der Waals surface area contributed by atoms with Crippen LogP contribution in [0.15, 0.2) is 12.1 Å². The van der Waals surface area contributed by atoms with Crippen molar-refractivity contribution in [3.05, 3.63) is 28.8 Å². The maximum Gasteiger partial charge on any atom is 0.296 e. The molecule has 0 bridgehead atoms. The van der Waals surface area contributed by atoms with E-state index in [-0.39, 0.29) is 0 Å². The lowest BCUT2D eigenvalue weighted by molar-refractivity contribution is -0.112. The molecule has 76 valence electrons. The highest BCUT2D eigenvalue weighted by Gasteiger charge is 2.31. The SMILES string of the molecule is O=C1Nc2c(ccc3c2CNCC3)C1=O. The van der Waals surface area contributed by atoms with Crippen LogP contribution in [0.5, 0.6) is 0 Å². The van der Waals surface area contributed by atoms with Gasteiger partial charge in [-0.2, -0.15) is 0 Å². The molecule has 0 spiro atoms. The summed E-state index contributed by atoms with van der Waals surface area (Å²) in [7, 11) is 0. The topological polar surface area (TPSA) is 58.2 Å². The third kappa shape index (κ3) is 1.11. The van der Waals surface area contributed by atoms with Crippen LogP contribution in [0.1, 0.15) is 21.5 Å². The Hall–Kier alpha value is -1.68. The molecular formula is C11H10N2O2. The van der Waals surface area contributed by atoms with Gasteiger partial charge in [-0.1, -0.05) is 6.07 Å². The largest absolute Gasteiger partial charge is 0.318 e. The van der Waals surface area contributed by atoms with Gasteiger partial charge in [0.25, 0.3) is 11.7 Å². The molecule has 0 aromatic heterocycles. The molecule has 0 saturated carbocycles. The molecule has 2 N–H and O–H groups in total. The van der Waals surface area contributed by atoms with Gasteiger partial charge in [0.05, 0.1) is 11.3 Å². The van der Waals surface area contributed by atoms with Crippen LogP contribution in [-0.4, -0.2) is 18.2 Å². The molecule has 0 aliphatic carbocycles. The van der Waals surface area contributed by atoms with Gasteiger partial charge in [-0.05, 0) is 30.2 Å². The first-order chi connectivity index (χ1) is 7.27. The van der Waals surface area contributed by atoms with Gasteiger partial charge >= 0.3 is 0 Å². The standard InChI is InChI=1S/C11H10N2O2/c14-10-7-2-1-6-3-4-12-5-8(6)9(7)13-11(10)15/h1-2,12H,3-5H2,(H,13,14,15). The molecule has 0 radical (unpaired) electrons. The fourth-order valence-electron chi connectivity index (χ4n) is 2.19. The van der Waals surface area contributed by atoms with Crippen molar-refractivity contribution in [1.29, 1.82) is 0 Å². The van der Waals surface area contributed by atoms with E-state index in [2.05, 4.69) is 10.6 Å². The summed E-state index contributed by atoms with van der Waals surface area (Å²) >= 11 is 0. The molecular weight excluding hydrogens is 192 g/mol. The third-order valence-electron chi connectivity index (χ3n) is 2.97. The van der Waals surface area contributed by atoms with Gasteiger partial charge < -0.3 is 10.6 Å². The number of hydrogen-bond donors (Lipinski definition) is 2. The van der Waals surface area contributed by atoms with Crippen LogP contribution in [0.4, 0.5) is 5.69 Å². The van der Waals surface area contributed by atoms with Gasteiger partial charge in [0.2, 0.25) is 0 Å². The fourth-order valence-corrected chi connectivity index (χ4v) is 2.19. The van der Waals surface area contributed by atoms with Crippen molar-refractivity contribution in [1.82, 2.24) is 5.32 Å². The van der Waals surface area contributed by atoms with Crippen LogP contribution in [0.2, 0.25) is 0 Å². The predicted molar refractivity (Wildman–Crippen MR) is 54.8 cm³/mol. The van der Waals surface area contributed by atoms with E-state index < -0.39 is 11.7 Å². The first-order valence-corrected chi connectivity index (χ1v) is 4.98. The maximum absolute atomic E-state index is 11.4. The lowest BCUT2D eigenvalue weighted by atomic mass is 9.96. The normalized spacial score (nSPS) is 18.4. The van der Waals surface area contributed by atoms with Gasteiger partial charge in [0, 0.05) is 6.54 Å². The minimum absolute atomic E-state index is 0.418. The number of hydrogen-bond acceptors (Lipinski definition) is 3. The van der Waals surface area contributed by atoms with E-state index in [9.17, 15) is 9.59 Å². The van der Waals surface area contributed by atoms with Crippen molar-refractivity contribution in [2.75, 3.05) is 11.9 Å². The number of benzene rings is 1. The lowest BCUT2D eigenvalue weighted by Gasteiger charge is -2.19. The average molecular weight is 202 g/mol. The predicted octanol–water partition coefficient (Wildman–Crippen LogP) is 0.467. The number of anilines is 1. The van der Waals surface area contributed by atoms with Crippen LogP contribution in [-0.2, 0) is 17.8 Å². The Kier molecular flexibility index (Phi) is 1.67.